The zero-order valence-corrected chi connectivity index (χ0v) is 12.6. The van der Waals surface area contributed by atoms with E-state index in [0.717, 1.165) is 13.0 Å². The number of carbonyl (C=O) groups excluding carboxylic acids is 1. The average molecular weight is 274 g/mol. The van der Waals surface area contributed by atoms with Gasteiger partial charge in [0.05, 0.1) is 6.54 Å². The lowest BCUT2D eigenvalue weighted by Crippen LogP contribution is -2.44. The van der Waals surface area contributed by atoms with Crippen molar-refractivity contribution in [2.45, 2.75) is 45.2 Å². The smallest absolute Gasteiger partial charge is 0.234 e. The number of nitrogens with zero attached hydrogens (tertiary/aromatic N) is 1. The number of rotatable bonds is 5. The molecule has 0 bridgehead atoms. The third-order valence-electron chi connectivity index (χ3n) is 4.17. The second kappa shape index (κ2) is 7.44. The van der Waals surface area contributed by atoms with Crippen molar-refractivity contribution >= 4 is 5.91 Å². The molecule has 0 aromatic heterocycles. The minimum absolute atomic E-state index is 0.155. The van der Waals surface area contributed by atoms with E-state index in [2.05, 4.69) is 29.3 Å². The number of nitrogens with one attached hydrogen (secondary N) is 1. The molecular formula is C17H26N2O. The van der Waals surface area contributed by atoms with Crippen molar-refractivity contribution in [3.05, 3.63) is 35.9 Å². The molecule has 1 amide bonds. The van der Waals surface area contributed by atoms with E-state index in [9.17, 15) is 4.79 Å². The minimum atomic E-state index is 0.155. The van der Waals surface area contributed by atoms with E-state index >= 15 is 0 Å². The molecule has 20 heavy (non-hydrogen) atoms. The van der Waals surface area contributed by atoms with Gasteiger partial charge in [-0.25, -0.2) is 0 Å². The van der Waals surface area contributed by atoms with Crippen molar-refractivity contribution in [2.75, 3.05) is 13.6 Å². The molecular weight excluding hydrogens is 248 g/mol. The minimum Gasteiger partial charge on any atom is -0.352 e. The Kier molecular flexibility index (Phi) is 5.60. The maximum absolute atomic E-state index is 12.1. The van der Waals surface area contributed by atoms with E-state index in [1.54, 1.807) is 0 Å². The number of benzene rings is 1. The zero-order chi connectivity index (χ0) is 14.4. The van der Waals surface area contributed by atoms with E-state index in [1.807, 2.05) is 25.2 Å². The van der Waals surface area contributed by atoms with Gasteiger partial charge in [-0.2, -0.15) is 0 Å². The fourth-order valence-electron chi connectivity index (χ4n) is 2.98. The number of likely N-dealkylation sites (N-methyl/N-ethyl adjacent to an activating group) is 1. The number of carbonyl (C=O) groups is 1. The first-order valence-corrected chi connectivity index (χ1v) is 7.67. The van der Waals surface area contributed by atoms with Crippen molar-refractivity contribution in [2.24, 2.45) is 5.92 Å². The van der Waals surface area contributed by atoms with Gasteiger partial charge >= 0.3 is 0 Å². The van der Waals surface area contributed by atoms with Crippen LogP contribution in [0.25, 0.3) is 0 Å². The quantitative estimate of drug-likeness (QED) is 0.895. The predicted molar refractivity (Wildman–Crippen MR) is 82.3 cm³/mol. The fraction of sp³-hybridized carbons (Fsp3) is 0.588. The summed E-state index contributed by atoms with van der Waals surface area (Å²) >= 11 is 0. The summed E-state index contributed by atoms with van der Waals surface area (Å²) in [6.07, 6.45) is 4.93. The van der Waals surface area contributed by atoms with Gasteiger partial charge in [-0.1, -0.05) is 50.1 Å². The van der Waals surface area contributed by atoms with Gasteiger partial charge in [0.25, 0.3) is 0 Å². The molecule has 0 unspecified atom stereocenters. The second-order valence-corrected chi connectivity index (χ2v) is 6.09. The molecule has 0 radical (unpaired) electrons. The molecule has 0 aliphatic heterocycles. The standard InChI is InChI=1S/C17H26N2O/c1-14-8-6-7-11-16(14)18-17(20)13-19(2)12-15-9-4-3-5-10-15/h3-5,9-10,14,16H,6-8,11-13H2,1-2H3,(H,18,20)/t14-,16+/m1/s1. The summed E-state index contributed by atoms with van der Waals surface area (Å²) in [5, 5.41) is 3.20. The summed E-state index contributed by atoms with van der Waals surface area (Å²) < 4.78 is 0. The Morgan fingerprint density at radius 2 is 1.95 bits per heavy atom. The molecule has 0 saturated heterocycles. The molecule has 2 atom stereocenters. The van der Waals surface area contributed by atoms with Crippen LogP contribution < -0.4 is 5.32 Å². The Bertz CT molecular complexity index is 418. The first-order chi connectivity index (χ1) is 9.65. The van der Waals surface area contributed by atoms with Gasteiger partial charge in [-0.15, -0.1) is 0 Å². The molecule has 2 rings (SSSR count). The number of amides is 1. The number of hydrogen-bond acceptors (Lipinski definition) is 2. The third-order valence-corrected chi connectivity index (χ3v) is 4.17. The van der Waals surface area contributed by atoms with Crippen molar-refractivity contribution < 1.29 is 4.79 Å². The van der Waals surface area contributed by atoms with Gasteiger partial charge in [0, 0.05) is 12.6 Å². The monoisotopic (exact) mass is 274 g/mol. The van der Waals surface area contributed by atoms with Crippen LogP contribution in [0.15, 0.2) is 30.3 Å². The van der Waals surface area contributed by atoms with Gasteiger partial charge in [-0.05, 0) is 31.4 Å². The molecule has 1 saturated carbocycles. The lowest BCUT2D eigenvalue weighted by molar-refractivity contribution is -0.123. The van der Waals surface area contributed by atoms with E-state index in [-0.39, 0.29) is 5.91 Å². The lowest BCUT2D eigenvalue weighted by atomic mass is 9.86. The first-order valence-electron chi connectivity index (χ1n) is 7.67. The molecule has 0 heterocycles. The molecule has 1 aromatic rings. The maximum atomic E-state index is 12.1. The Morgan fingerprint density at radius 1 is 1.25 bits per heavy atom. The van der Waals surface area contributed by atoms with Crippen LogP contribution in [0.4, 0.5) is 0 Å². The highest BCUT2D eigenvalue weighted by atomic mass is 16.2. The third kappa shape index (κ3) is 4.64. The maximum Gasteiger partial charge on any atom is 0.234 e. The van der Waals surface area contributed by atoms with Crippen LogP contribution >= 0.6 is 0 Å². The summed E-state index contributed by atoms with van der Waals surface area (Å²) in [7, 11) is 2.00. The highest BCUT2D eigenvalue weighted by Gasteiger charge is 2.22. The van der Waals surface area contributed by atoms with Crippen LogP contribution in [0.1, 0.15) is 38.2 Å². The largest absolute Gasteiger partial charge is 0.352 e. The summed E-state index contributed by atoms with van der Waals surface area (Å²) in [5.41, 5.74) is 1.24. The topological polar surface area (TPSA) is 32.3 Å². The molecule has 1 aromatic carbocycles. The van der Waals surface area contributed by atoms with Crippen LogP contribution in [0.2, 0.25) is 0 Å². The molecule has 1 aliphatic carbocycles. The van der Waals surface area contributed by atoms with Gasteiger partial charge in [0.1, 0.15) is 0 Å². The van der Waals surface area contributed by atoms with Crippen LogP contribution in [-0.2, 0) is 11.3 Å². The molecule has 110 valence electrons. The van der Waals surface area contributed by atoms with Crippen LogP contribution in [0, 0.1) is 5.92 Å². The van der Waals surface area contributed by atoms with Gasteiger partial charge in [0.15, 0.2) is 0 Å². The van der Waals surface area contributed by atoms with Gasteiger partial charge in [0.2, 0.25) is 5.91 Å². The lowest BCUT2D eigenvalue weighted by Gasteiger charge is -2.30. The second-order valence-electron chi connectivity index (χ2n) is 6.09. The highest BCUT2D eigenvalue weighted by Crippen LogP contribution is 2.23. The van der Waals surface area contributed by atoms with Crippen LogP contribution in [0.5, 0.6) is 0 Å². The average Bonchev–Trinajstić information content (AvgIpc) is 2.42. The van der Waals surface area contributed by atoms with E-state index in [0.29, 0.717) is 18.5 Å². The van der Waals surface area contributed by atoms with Crippen molar-refractivity contribution in [3.63, 3.8) is 0 Å². The van der Waals surface area contributed by atoms with Crippen LogP contribution in [0.3, 0.4) is 0 Å². The van der Waals surface area contributed by atoms with E-state index < -0.39 is 0 Å². The fourth-order valence-corrected chi connectivity index (χ4v) is 2.98. The summed E-state index contributed by atoms with van der Waals surface area (Å²) in [5.74, 6) is 0.773. The molecule has 1 N–H and O–H groups in total. The van der Waals surface area contributed by atoms with Crippen molar-refractivity contribution in [3.8, 4) is 0 Å². The Balaban J connectivity index is 1.76. The van der Waals surface area contributed by atoms with E-state index in [1.165, 1.54) is 24.8 Å². The van der Waals surface area contributed by atoms with Crippen molar-refractivity contribution in [1.82, 2.24) is 10.2 Å². The molecule has 3 nitrogen and oxygen atoms in total. The molecule has 0 spiro atoms. The first kappa shape index (κ1) is 15.0. The van der Waals surface area contributed by atoms with Gasteiger partial charge < -0.3 is 5.32 Å². The zero-order valence-electron chi connectivity index (χ0n) is 12.6. The molecule has 1 fully saturated rings. The van der Waals surface area contributed by atoms with Crippen LogP contribution in [-0.4, -0.2) is 30.4 Å². The number of hydrogen-bond donors (Lipinski definition) is 1. The summed E-state index contributed by atoms with van der Waals surface area (Å²) in [6, 6.07) is 10.6. The summed E-state index contributed by atoms with van der Waals surface area (Å²) in [4.78, 5) is 14.2. The SMILES string of the molecule is C[C@@H]1CCCC[C@@H]1NC(=O)CN(C)Cc1ccccc1. The van der Waals surface area contributed by atoms with E-state index in [4.69, 9.17) is 0 Å². The normalized spacial score (nSPS) is 22.8. The molecule has 1 aliphatic rings. The predicted octanol–water partition coefficient (Wildman–Crippen LogP) is 2.81. The van der Waals surface area contributed by atoms with Crippen molar-refractivity contribution in [1.29, 1.82) is 0 Å². The molecule has 3 heteroatoms. The Morgan fingerprint density at radius 3 is 2.65 bits per heavy atom. The Labute approximate surface area is 122 Å². The highest BCUT2D eigenvalue weighted by molar-refractivity contribution is 5.78. The van der Waals surface area contributed by atoms with Gasteiger partial charge in [-0.3, -0.25) is 9.69 Å². The Hall–Kier alpha value is -1.35. The summed E-state index contributed by atoms with van der Waals surface area (Å²) in [6.45, 7) is 3.53.